The van der Waals surface area contributed by atoms with Crippen LogP contribution in [0.25, 0.3) is 0 Å². The minimum absolute atomic E-state index is 0.182. The Morgan fingerprint density at radius 3 is 2.63 bits per heavy atom. The highest BCUT2D eigenvalue weighted by atomic mass is 79.9. The van der Waals surface area contributed by atoms with Crippen LogP contribution in [-0.4, -0.2) is 31.1 Å². The van der Waals surface area contributed by atoms with Crippen LogP contribution in [0.3, 0.4) is 0 Å². The van der Waals surface area contributed by atoms with Gasteiger partial charge in [0, 0.05) is 36.7 Å². The summed E-state index contributed by atoms with van der Waals surface area (Å²) in [5, 5.41) is 3.39. The highest BCUT2D eigenvalue weighted by Crippen LogP contribution is 2.35. The molecule has 2 rings (SSSR count). The Balaban J connectivity index is 2.30. The van der Waals surface area contributed by atoms with Crippen molar-refractivity contribution in [1.82, 2.24) is 10.2 Å². The largest absolute Gasteiger partial charge is 0.314 e. The average Bonchev–Trinajstić information content (AvgIpc) is 2.42. The fourth-order valence-corrected chi connectivity index (χ4v) is 3.37. The van der Waals surface area contributed by atoms with Gasteiger partial charge in [-0.05, 0) is 23.6 Å². The zero-order valence-electron chi connectivity index (χ0n) is 11.6. The van der Waals surface area contributed by atoms with Crippen molar-refractivity contribution in [2.45, 2.75) is 26.3 Å². The summed E-state index contributed by atoms with van der Waals surface area (Å²) in [5.41, 5.74) is 1.21. The second kappa shape index (κ2) is 6.82. The Bertz CT molecular complexity index is 419. The third-order valence-electron chi connectivity index (χ3n) is 4.01. The van der Waals surface area contributed by atoms with E-state index in [4.69, 9.17) is 0 Å². The minimum atomic E-state index is -0.182. The van der Waals surface area contributed by atoms with Crippen molar-refractivity contribution < 1.29 is 4.39 Å². The van der Waals surface area contributed by atoms with Crippen molar-refractivity contribution in [3.8, 4) is 0 Å². The van der Waals surface area contributed by atoms with Gasteiger partial charge in [-0.3, -0.25) is 4.90 Å². The fraction of sp³-hybridized carbons (Fsp3) is 0.600. The fourth-order valence-electron chi connectivity index (χ4n) is 2.79. The third-order valence-corrected chi connectivity index (χ3v) is 4.70. The van der Waals surface area contributed by atoms with Gasteiger partial charge in [0.1, 0.15) is 5.82 Å². The van der Waals surface area contributed by atoms with Crippen LogP contribution in [0, 0.1) is 11.7 Å². The lowest BCUT2D eigenvalue weighted by Gasteiger charge is -2.39. The van der Waals surface area contributed by atoms with Gasteiger partial charge in [0.05, 0.1) is 0 Å². The molecule has 1 saturated heterocycles. The molecule has 1 aliphatic rings. The first-order chi connectivity index (χ1) is 9.13. The van der Waals surface area contributed by atoms with Crippen LogP contribution in [0.2, 0.25) is 0 Å². The monoisotopic (exact) mass is 328 g/mol. The number of hydrogen-bond donors (Lipinski definition) is 1. The van der Waals surface area contributed by atoms with E-state index in [9.17, 15) is 4.39 Å². The van der Waals surface area contributed by atoms with E-state index < -0.39 is 0 Å². The molecule has 19 heavy (non-hydrogen) atoms. The smallest absolute Gasteiger partial charge is 0.124 e. The van der Waals surface area contributed by atoms with Gasteiger partial charge in [-0.25, -0.2) is 4.39 Å². The first kappa shape index (κ1) is 14.9. The Hall–Kier alpha value is -0.450. The molecule has 0 aromatic heterocycles. The van der Waals surface area contributed by atoms with Gasteiger partial charge in [0.15, 0.2) is 0 Å². The molecule has 0 radical (unpaired) electrons. The van der Waals surface area contributed by atoms with Gasteiger partial charge in [0.2, 0.25) is 0 Å². The molecule has 0 spiro atoms. The van der Waals surface area contributed by atoms with Crippen LogP contribution >= 0.6 is 15.9 Å². The zero-order chi connectivity index (χ0) is 13.8. The Morgan fingerprint density at radius 2 is 2.05 bits per heavy atom. The lowest BCUT2D eigenvalue weighted by atomic mass is 9.90. The van der Waals surface area contributed by atoms with Crippen molar-refractivity contribution in [2.24, 2.45) is 5.92 Å². The van der Waals surface area contributed by atoms with E-state index in [1.807, 2.05) is 6.07 Å². The Morgan fingerprint density at radius 1 is 1.37 bits per heavy atom. The summed E-state index contributed by atoms with van der Waals surface area (Å²) < 4.78 is 14.2. The molecule has 4 heteroatoms. The molecule has 1 fully saturated rings. The first-order valence-electron chi connectivity index (χ1n) is 7.03. The quantitative estimate of drug-likeness (QED) is 0.908. The van der Waals surface area contributed by atoms with E-state index in [1.54, 1.807) is 12.1 Å². The van der Waals surface area contributed by atoms with Gasteiger partial charge in [0.25, 0.3) is 0 Å². The molecule has 1 unspecified atom stereocenters. The maximum Gasteiger partial charge on any atom is 0.124 e. The van der Waals surface area contributed by atoms with E-state index in [2.05, 4.69) is 40.0 Å². The maximum absolute atomic E-state index is 13.3. The number of rotatable bonds is 4. The maximum atomic E-state index is 13.3. The molecule has 1 N–H and O–H groups in total. The number of hydrogen-bond acceptors (Lipinski definition) is 2. The lowest BCUT2D eigenvalue weighted by Crippen LogP contribution is -2.46. The third kappa shape index (κ3) is 3.56. The van der Waals surface area contributed by atoms with Gasteiger partial charge >= 0.3 is 0 Å². The summed E-state index contributed by atoms with van der Waals surface area (Å²) in [6, 6.07) is 5.44. The molecule has 0 saturated carbocycles. The van der Waals surface area contributed by atoms with Crippen LogP contribution < -0.4 is 5.32 Å². The number of piperazine rings is 1. The number of nitrogens with zero attached hydrogens (tertiary/aromatic N) is 1. The standard InChI is InChI=1S/C15H22BrFN2/c1-3-11(2)15(19-8-6-18-7-9-19)13-5-4-12(17)10-14(13)16/h4-5,10-11,15,18H,3,6-9H2,1-2H3/t11?,15-/m0/s1. The summed E-state index contributed by atoms with van der Waals surface area (Å²) in [6.07, 6.45) is 1.12. The van der Waals surface area contributed by atoms with Crippen LogP contribution in [0.1, 0.15) is 31.9 Å². The number of nitrogens with one attached hydrogen (secondary N) is 1. The van der Waals surface area contributed by atoms with E-state index in [1.165, 1.54) is 5.56 Å². The van der Waals surface area contributed by atoms with Crippen LogP contribution in [0.5, 0.6) is 0 Å². The van der Waals surface area contributed by atoms with E-state index >= 15 is 0 Å². The molecule has 0 bridgehead atoms. The number of benzene rings is 1. The van der Waals surface area contributed by atoms with Crippen molar-refractivity contribution in [2.75, 3.05) is 26.2 Å². The average molecular weight is 329 g/mol. The molecule has 2 atom stereocenters. The van der Waals surface area contributed by atoms with E-state index in [0.717, 1.165) is 37.1 Å². The lowest BCUT2D eigenvalue weighted by molar-refractivity contribution is 0.128. The summed E-state index contributed by atoms with van der Waals surface area (Å²) in [5.74, 6) is 0.374. The topological polar surface area (TPSA) is 15.3 Å². The van der Waals surface area contributed by atoms with Crippen LogP contribution in [0.4, 0.5) is 4.39 Å². The highest BCUT2D eigenvalue weighted by Gasteiger charge is 2.27. The molecule has 0 amide bonds. The predicted octanol–water partition coefficient (Wildman–Crippen LogP) is 3.58. The molecule has 1 aliphatic heterocycles. The molecular weight excluding hydrogens is 307 g/mol. The predicted molar refractivity (Wildman–Crippen MR) is 80.7 cm³/mol. The Labute approximate surface area is 123 Å². The second-order valence-corrected chi connectivity index (χ2v) is 6.14. The summed E-state index contributed by atoms with van der Waals surface area (Å²) in [7, 11) is 0. The Kier molecular flexibility index (Phi) is 5.37. The SMILES string of the molecule is CCC(C)[C@@H](c1ccc(F)cc1Br)N1CCNCC1. The summed E-state index contributed by atoms with van der Waals surface area (Å²) >= 11 is 3.53. The van der Waals surface area contributed by atoms with Gasteiger partial charge in [-0.15, -0.1) is 0 Å². The molecule has 106 valence electrons. The summed E-state index contributed by atoms with van der Waals surface area (Å²) in [6.45, 7) is 8.68. The highest BCUT2D eigenvalue weighted by molar-refractivity contribution is 9.10. The minimum Gasteiger partial charge on any atom is -0.314 e. The second-order valence-electron chi connectivity index (χ2n) is 5.28. The summed E-state index contributed by atoms with van der Waals surface area (Å²) in [4.78, 5) is 2.52. The molecule has 1 aromatic rings. The molecule has 1 heterocycles. The van der Waals surface area contributed by atoms with Crippen molar-refractivity contribution >= 4 is 15.9 Å². The van der Waals surface area contributed by atoms with E-state index in [-0.39, 0.29) is 5.82 Å². The molecule has 2 nitrogen and oxygen atoms in total. The molecule has 0 aliphatic carbocycles. The molecular formula is C15H22BrFN2. The van der Waals surface area contributed by atoms with Crippen molar-refractivity contribution in [1.29, 1.82) is 0 Å². The number of halogens is 2. The first-order valence-corrected chi connectivity index (χ1v) is 7.82. The zero-order valence-corrected chi connectivity index (χ0v) is 13.2. The van der Waals surface area contributed by atoms with E-state index in [0.29, 0.717) is 12.0 Å². The van der Waals surface area contributed by atoms with Crippen LogP contribution in [0.15, 0.2) is 22.7 Å². The normalized spacial score (nSPS) is 20.2. The van der Waals surface area contributed by atoms with Crippen LogP contribution in [-0.2, 0) is 0 Å². The van der Waals surface area contributed by atoms with Gasteiger partial charge in [-0.1, -0.05) is 42.3 Å². The van der Waals surface area contributed by atoms with Gasteiger partial charge < -0.3 is 5.32 Å². The van der Waals surface area contributed by atoms with Gasteiger partial charge in [-0.2, -0.15) is 0 Å². The van der Waals surface area contributed by atoms with Crippen molar-refractivity contribution in [3.63, 3.8) is 0 Å². The van der Waals surface area contributed by atoms with Crippen molar-refractivity contribution in [3.05, 3.63) is 34.1 Å². The molecule has 1 aromatic carbocycles.